The molecule has 4 rings (SSSR count). The van der Waals surface area contributed by atoms with E-state index in [0.29, 0.717) is 11.8 Å². The summed E-state index contributed by atoms with van der Waals surface area (Å²) in [5.41, 5.74) is 12.1. The van der Waals surface area contributed by atoms with Crippen LogP contribution in [-0.4, -0.2) is 5.66 Å². The predicted molar refractivity (Wildman–Crippen MR) is 48.2 cm³/mol. The van der Waals surface area contributed by atoms with Crippen LogP contribution in [0, 0.1) is 23.7 Å². The Kier molecular flexibility index (Phi) is 1.25. The van der Waals surface area contributed by atoms with Crippen molar-refractivity contribution in [3.05, 3.63) is 0 Å². The number of hydrogen-bond acceptors (Lipinski definition) is 2. The van der Waals surface area contributed by atoms with E-state index in [0.717, 1.165) is 11.8 Å². The van der Waals surface area contributed by atoms with Crippen LogP contribution in [0.2, 0.25) is 0 Å². The zero-order chi connectivity index (χ0) is 8.34. The molecule has 2 heteroatoms. The predicted octanol–water partition coefficient (Wildman–Crippen LogP) is 1.06. The van der Waals surface area contributed by atoms with E-state index in [-0.39, 0.29) is 5.66 Å². The van der Waals surface area contributed by atoms with E-state index in [1.165, 1.54) is 32.1 Å². The van der Waals surface area contributed by atoms with E-state index >= 15 is 0 Å². The number of hydrogen-bond donors (Lipinski definition) is 2. The summed E-state index contributed by atoms with van der Waals surface area (Å²) in [6.07, 6.45) is 6.75. The first kappa shape index (κ1) is 7.34. The Morgan fingerprint density at radius 2 is 1.17 bits per heavy atom. The summed E-state index contributed by atoms with van der Waals surface area (Å²) in [5.74, 6) is 3.25. The van der Waals surface area contributed by atoms with Gasteiger partial charge in [0, 0.05) is 0 Å². The maximum absolute atomic E-state index is 6.19. The second-order valence-corrected chi connectivity index (χ2v) is 5.30. The van der Waals surface area contributed by atoms with Crippen LogP contribution >= 0.6 is 0 Å². The van der Waals surface area contributed by atoms with E-state index in [2.05, 4.69) is 0 Å². The zero-order valence-corrected chi connectivity index (χ0v) is 7.50. The Hall–Kier alpha value is -0.0800. The maximum Gasteiger partial charge on any atom is 0.0694 e. The topological polar surface area (TPSA) is 52.0 Å². The van der Waals surface area contributed by atoms with Crippen molar-refractivity contribution >= 4 is 0 Å². The lowest BCUT2D eigenvalue weighted by Gasteiger charge is -2.58. The first-order valence-electron chi connectivity index (χ1n) is 5.24. The fourth-order valence-corrected chi connectivity index (χ4v) is 4.00. The van der Waals surface area contributed by atoms with Gasteiger partial charge in [-0.25, -0.2) is 0 Å². The third kappa shape index (κ3) is 0.775. The second kappa shape index (κ2) is 2.05. The van der Waals surface area contributed by atoms with Crippen molar-refractivity contribution in [2.24, 2.45) is 35.1 Å². The van der Waals surface area contributed by atoms with E-state index in [1.54, 1.807) is 0 Å². The van der Waals surface area contributed by atoms with Gasteiger partial charge in [-0.15, -0.1) is 0 Å². The van der Waals surface area contributed by atoms with Crippen molar-refractivity contribution < 1.29 is 0 Å². The first-order chi connectivity index (χ1) is 5.66. The van der Waals surface area contributed by atoms with Crippen LogP contribution in [0.5, 0.6) is 0 Å². The molecule has 4 N–H and O–H groups in total. The van der Waals surface area contributed by atoms with Crippen LogP contribution in [0.4, 0.5) is 0 Å². The molecule has 0 aromatic carbocycles. The molecular weight excluding hydrogens is 148 g/mol. The standard InChI is InChI=1S/C10H18N2/c11-10(12)8-2-6-1-7(4-8)5-9(10)3-6/h6-9H,1-5,11-12H2. The average molecular weight is 166 g/mol. The van der Waals surface area contributed by atoms with Gasteiger partial charge in [-0.3, -0.25) is 0 Å². The summed E-state index contributed by atoms with van der Waals surface area (Å²) in [6, 6.07) is 0. The molecule has 68 valence electrons. The highest BCUT2D eigenvalue weighted by atomic mass is 15.0. The van der Waals surface area contributed by atoms with E-state index in [9.17, 15) is 0 Å². The molecule has 0 spiro atoms. The summed E-state index contributed by atoms with van der Waals surface area (Å²) in [6.45, 7) is 0. The molecule has 0 atom stereocenters. The molecule has 0 amide bonds. The highest BCUT2D eigenvalue weighted by Gasteiger charge is 2.53. The van der Waals surface area contributed by atoms with Crippen LogP contribution in [-0.2, 0) is 0 Å². The highest BCUT2D eigenvalue weighted by Crippen LogP contribution is 2.55. The Morgan fingerprint density at radius 3 is 1.58 bits per heavy atom. The molecule has 4 aliphatic carbocycles. The molecule has 0 unspecified atom stereocenters. The molecule has 0 aromatic rings. The van der Waals surface area contributed by atoms with Crippen LogP contribution in [0.25, 0.3) is 0 Å². The van der Waals surface area contributed by atoms with Gasteiger partial charge in [0.25, 0.3) is 0 Å². The largest absolute Gasteiger partial charge is 0.313 e. The van der Waals surface area contributed by atoms with Gasteiger partial charge >= 0.3 is 0 Å². The molecule has 0 heterocycles. The molecule has 4 bridgehead atoms. The Labute approximate surface area is 73.7 Å². The molecule has 4 fully saturated rings. The zero-order valence-electron chi connectivity index (χ0n) is 7.50. The molecule has 2 nitrogen and oxygen atoms in total. The van der Waals surface area contributed by atoms with E-state index < -0.39 is 0 Å². The summed E-state index contributed by atoms with van der Waals surface area (Å²) in [5, 5.41) is 0. The summed E-state index contributed by atoms with van der Waals surface area (Å²) in [7, 11) is 0. The van der Waals surface area contributed by atoms with Crippen LogP contribution in [0.3, 0.4) is 0 Å². The van der Waals surface area contributed by atoms with E-state index in [4.69, 9.17) is 11.5 Å². The molecule has 0 aliphatic heterocycles. The Morgan fingerprint density at radius 1 is 0.750 bits per heavy atom. The van der Waals surface area contributed by atoms with Crippen molar-refractivity contribution in [3.8, 4) is 0 Å². The molecule has 0 radical (unpaired) electrons. The number of rotatable bonds is 0. The van der Waals surface area contributed by atoms with E-state index in [1.807, 2.05) is 0 Å². The van der Waals surface area contributed by atoms with Crippen LogP contribution in [0.1, 0.15) is 32.1 Å². The summed E-state index contributed by atoms with van der Waals surface area (Å²) in [4.78, 5) is 0. The number of nitrogens with two attached hydrogens (primary N) is 2. The monoisotopic (exact) mass is 166 g/mol. The van der Waals surface area contributed by atoms with Gasteiger partial charge in [0.15, 0.2) is 0 Å². The third-order valence-electron chi connectivity index (χ3n) is 4.55. The Balaban J connectivity index is 1.96. The minimum absolute atomic E-state index is 0.298. The smallest absolute Gasteiger partial charge is 0.0694 e. The van der Waals surface area contributed by atoms with Gasteiger partial charge in [-0.05, 0) is 55.8 Å². The molecule has 0 aromatic heterocycles. The SMILES string of the molecule is NC1(N)C2CC3CC(C2)CC1C3. The maximum atomic E-state index is 6.19. The van der Waals surface area contributed by atoms with Gasteiger partial charge in [0.1, 0.15) is 0 Å². The third-order valence-corrected chi connectivity index (χ3v) is 4.55. The Bertz CT molecular complexity index is 180. The molecule has 4 saturated carbocycles. The van der Waals surface area contributed by atoms with Gasteiger partial charge in [-0.2, -0.15) is 0 Å². The lowest BCUT2D eigenvalue weighted by molar-refractivity contribution is -0.0522. The van der Waals surface area contributed by atoms with Gasteiger partial charge < -0.3 is 11.5 Å². The minimum Gasteiger partial charge on any atom is -0.313 e. The molecule has 0 saturated heterocycles. The fraction of sp³-hybridized carbons (Fsp3) is 1.00. The normalized spacial score (nSPS) is 54.5. The van der Waals surface area contributed by atoms with Gasteiger partial charge in [0.05, 0.1) is 5.66 Å². The van der Waals surface area contributed by atoms with Crippen LogP contribution < -0.4 is 11.5 Å². The lowest BCUT2D eigenvalue weighted by Crippen LogP contribution is -2.68. The van der Waals surface area contributed by atoms with Crippen molar-refractivity contribution in [2.75, 3.05) is 0 Å². The highest BCUT2D eigenvalue weighted by molar-refractivity contribution is 5.06. The molecule has 4 aliphatic rings. The molecular formula is C10H18N2. The van der Waals surface area contributed by atoms with Gasteiger partial charge in [0.2, 0.25) is 0 Å². The second-order valence-electron chi connectivity index (χ2n) is 5.30. The minimum atomic E-state index is -0.298. The summed E-state index contributed by atoms with van der Waals surface area (Å²) < 4.78 is 0. The summed E-state index contributed by atoms with van der Waals surface area (Å²) >= 11 is 0. The fourth-order valence-electron chi connectivity index (χ4n) is 4.00. The van der Waals surface area contributed by atoms with Crippen molar-refractivity contribution in [2.45, 2.75) is 37.8 Å². The van der Waals surface area contributed by atoms with Gasteiger partial charge in [-0.1, -0.05) is 0 Å². The quantitative estimate of drug-likeness (QED) is 0.529. The lowest BCUT2D eigenvalue weighted by atomic mass is 9.52. The van der Waals surface area contributed by atoms with Crippen molar-refractivity contribution in [1.82, 2.24) is 0 Å². The van der Waals surface area contributed by atoms with Crippen molar-refractivity contribution in [3.63, 3.8) is 0 Å². The first-order valence-corrected chi connectivity index (χ1v) is 5.24. The van der Waals surface area contributed by atoms with Crippen molar-refractivity contribution in [1.29, 1.82) is 0 Å². The van der Waals surface area contributed by atoms with Crippen LogP contribution in [0.15, 0.2) is 0 Å². The average Bonchev–Trinajstić information content (AvgIpc) is 1.99. The molecule has 12 heavy (non-hydrogen) atoms.